The minimum absolute atomic E-state index is 0.00915. The summed E-state index contributed by atoms with van der Waals surface area (Å²) in [6.45, 7) is 0.887. The maximum atomic E-state index is 12.3. The van der Waals surface area contributed by atoms with E-state index in [2.05, 4.69) is 4.90 Å². The number of unbranched alkanes of at least 4 members (excludes halogenated alkanes) is 12. The van der Waals surface area contributed by atoms with E-state index >= 15 is 0 Å². The third kappa shape index (κ3) is 25.0. The largest absolute Gasteiger partial charge is 0.481 e. The lowest BCUT2D eigenvalue weighted by Crippen LogP contribution is -2.20. The number of carbonyl (C=O) groups is 3. The minimum Gasteiger partial charge on any atom is -0.481 e. The van der Waals surface area contributed by atoms with Crippen molar-refractivity contribution in [2.24, 2.45) is 0 Å². The third-order valence-corrected chi connectivity index (χ3v) is 6.12. The van der Waals surface area contributed by atoms with Crippen molar-refractivity contribution in [3.63, 3.8) is 0 Å². The van der Waals surface area contributed by atoms with E-state index in [0.29, 0.717) is 6.42 Å². The van der Waals surface area contributed by atoms with Gasteiger partial charge in [-0.3, -0.25) is 14.4 Å². The fraction of sp³-hybridized carbons (Fsp3) is 0.889. The maximum absolute atomic E-state index is 12.3. The Morgan fingerprint density at radius 1 is 0.588 bits per heavy atom. The highest BCUT2D eigenvalue weighted by Crippen LogP contribution is 2.18. The first kappa shape index (κ1) is 32.4. The van der Waals surface area contributed by atoms with Crippen LogP contribution in [0.4, 0.5) is 0 Å². The minimum atomic E-state index is -0.717. The Labute approximate surface area is 207 Å². The lowest BCUT2D eigenvalue weighted by molar-refractivity contribution is -0.150. The number of hydrogen-bond donors (Lipinski definition) is 2. The molecule has 0 spiro atoms. The van der Waals surface area contributed by atoms with Gasteiger partial charge in [0.2, 0.25) is 0 Å². The van der Waals surface area contributed by atoms with E-state index in [9.17, 15) is 14.4 Å². The Hall–Kier alpha value is -1.63. The van der Waals surface area contributed by atoms with Gasteiger partial charge in [0.15, 0.2) is 0 Å². The first-order chi connectivity index (χ1) is 16.3. The molecule has 0 aliphatic rings. The normalized spacial score (nSPS) is 12.1. The molecule has 0 saturated heterocycles. The number of carboxylic acids is 2. The number of rotatable bonds is 25. The zero-order valence-corrected chi connectivity index (χ0v) is 21.9. The van der Waals surface area contributed by atoms with Crippen LogP contribution in [0.3, 0.4) is 0 Å². The summed E-state index contributed by atoms with van der Waals surface area (Å²) in [5.74, 6) is -1.50. The summed E-state index contributed by atoms with van der Waals surface area (Å²) in [6, 6.07) is 0. The molecule has 1 unspecified atom stereocenters. The zero-order chi connectivity index (χ0) is 25.4. The zero-order valence-electron chi connectivity index (χ0n) is 21.9. The molecule has 0 aliphatic heterocycles. The fourth-order valence-electron chi connectivity index (χ4n) is 4.11. The lowest BCUT2D eigenvalue weighted by atomic mass is 10.0. The van der Waals surface area contributed by atoms with Gasteiger partial charge in [0.1, 0.15) is 6.10 Å². The quantitative estimate of drug-likeness (QED) is 0.113. The second-order valence-electron chi connectivity index (χ2n) is 9.83. The Morgan fingerprint density at radius 3 is 1.35 bits per heavy atom. The molecule has 0 radical (unpaired) electrons. The highest BCUT2D eigenvalue weighted by Gasteiger charge is 2.14. The van der Waals surface area contributed by atoms with E-state index in [4.69, 9.17) is 14.9 Å². The average Bonchev–Trinajstić information content (AvgIpc) is 2.75. The average molecular weight is 486 g/mol. The van der Waals surface area contributed by atoms with Crippen molar-refractivity contribution in [1.82, 2.24) is 4.90 Å². The molecule has 0 amide bonds. The Morgan fingerprint density at radius 2 is 0.971 bits per heavy atom. The molecule has 0 aromatic rings. The molecule has 0 aromatic heterocycles. The Kier molecular flexibility index (Phi) is 22.0. The van der Waals surface area contributed by atoms with E-state index in [1.54, 1.807) is 0 Å². The van der Waals surface area contributed by atoms with Crippen molar-refractivity contribution in [3.8, 4) is 0 Å². The number of hydrogen-bond acceptors (Lipinski definition) is 5. The van der Waals surface area contributed by atoms with Crippen LogP contribution in [-0.4, -0.2) is 59.8 Å². The molecule has 2 N–H and O–H groups in total. The number of carbonyl (C=O) groups excluding carboxylic acids is 1. The van der Waals surface area contributed by atoms with Crippen LogP contribution in [0.1, 0.15) is 128 Å². The molecule has 0 bridgehead atoms. The number of nitrogens with zero attached hydrogens (tertiary/aromatic N) is 1. The van der Waals surface area contributed by atoms with E-state index in [1.165, 1.54) is 12.8 Å². The Bertz CT molecular complexity index is 523. The summed E-state index contributed by atoms with van der Waals surface area (Å²) >= 11 is 0. The van der Waals surface area contributed by atoms with E-state index in [-0.39, 0.29) is 24.9 Å². The molecule has 0 heterocycles. The monoisotopic (exact) mass is 485 g/mol. The van der Waals surface area contributed by atoms with E-state index < -0.39 is 11.9 Å². The van der Waals surface area contributed by atoms with Gasteiger partial charge in [0.05, 0.1) is 0 Å². The van der Waals surface area contributed by atoms with Gasteiger partial charge >= 0.3 is 17.9 Å². The van der Waals surface area contributed by atoms with Crippen molar-refractivity contribution in [3.05, 3.63) is 0 Å². The molecule has 200 valence electrons. The molecular formula is C27H51NO6. The first-order valence-corrected chi connectivity index (χ1v) is 13.6. The summed E-state index contributed by atoms with van der Waals surface area (Å²) in [6.07, 6.45) is 18.4. The van der Waals surface area contributed by atoms with Gasteiger partial charge in [0.25, 0.3) is 0 Å². The van der Waals surface area contributed by atoms with Crippen molar-refractivity contribution in [1.29, 1.82) is 0 Å². The van der Waals surface area contributed by atoms with Crippen molar-refractivity contribution in [2.75, 3.05) is 20.6 Å². The number of carboxylic acid groups (broad SMARTS) is 2. The van der Waals surface area contributed by atoms with Crippen molar-refractivity contribution in [2.45, 2.75) is 135 Å². The summed E-state index contributed by atoms with van der Waals surface area (Å²) in [7, 11) is 4.01. The molecule has 7 heteroatoms. The van der Waals surface area contributed by atoms with E-state index in [1.807, 2.05) is 14.1 Å². The standard InChI is InChI=1S/C27H51NO6/c1-28(2)23-17-22-27(33)34-24(19-14-10-7-8-12-16-21-26(31)32)18-13-9-5-3-4-6-11-15-20-25(29)30/h24H,3-23H2,1-2H3,(H,29,30)(H,31,32). The van der Waals surface area contributed by atoms with Crippen LogP contribution in [0.25, 0.3) is 0 Å². The van der Waals surface area contributed by atoms with Gasteiger partial charge in [-0.2, -0.15) is 0 Å². The molecule has 0 saturated carbocycles. The highest BCUT2D eigenvalue weighted by atomic mass is 16.5. The van der Waals surface area contributed by atoms with Crippen LogP contribution in [0.15, 0.2) is 0 Å². The predicted octanol–water partition coefficient (Wildman–Crippen LogP) is 6.43. The summed E-state index contributed by atoms with van der Waals surface area (Å²) in [5.41, 5.74) is 0. The van der Waals surface area contributed by atoms with Crippen LogP contribution >= 0.6 is 0 Å². The first-order valence-electron chi connectivity index (χ1n) is 13.6. The van der Waals surface area contributed by atoms with Crippen LogP contribution in [-0.2, 0) is 19.1 Å². The predicted molar refractivity (Wildman–Crippen MR) is 136 cm³/mol. The molecular weight excluding hydrogens is 434 g/mol. The van der Waals surface area contributed by atoms with Crippen LogP contribution in [0.2, 0.25) is 0 Å². The van der Waals surface area contributed by atoms with Crippen molar-refractivity contribution < 1.29 is 29.3 Å². The van der Waals surface area contributed by atoms with Gasteiger partial charge in [0, 0.05) is 19.3 Å². The molecule has 34 heavy (non-hydrogen) atoms. The van der Waals surface area contributed by atoms with Gasteiger partial charge in [-0.25, -0.2) is 0 Å². The van der Waals surface area contributed by atoms with Crippen LogP contribution in [0.5, 0.6) is 0 Å². The van der Waals surface area contributed by atoms with Crippen LogP contribution in [0, 0.1) is 0 Å². The summed E-state index contributed by atoms with van der Waals surface area (Å²) < 4.78 is 5.82. The molecule has 7 nitrogen and oxygen atoms in total. The molecule has 0 fully saturated rings. The number of aliphatic carboxylic acids is 2. The molecule has 1 atom stereocenters. The maximum Gasteiger partial charge on any atom is 0.306 e. The van der Waals surface area contributed by atoms with Crippen molar-refractivity contribution >= 4 is 17.9 Å². The topological polar surface area (TPSA) is 104 Å². The SMILES string of the molecule is CN(C)CCCC(=O)OC(CCCCCCCCCCC(=O)O)CCCCCCCCC(=O)O. The fourth-order valence-corrected chi connectivity index (χ4v) is 4.11. The van der Waals surface area contributed by atoms with Crippen LogP contribution < -0.4 is 0 Å². The van der Waals surface area contributed by atoms with Gasteiger partial charge in [-0.15, -0.1) is 0 Å². The summed E-state index contributed by atoms with van der Waals surface area (Å²) in [5, 5.41) is 17.3. The number of ether oxygens (including phenoxy) is 1. The third-order valence-electron chi connectivity index (χ3n) is 6.12. The molecule has 0 aliphatic carbocycles. The lowest BCUT2D eigenvalue weighted by Gasteiger charge is -2.18. The molecule has 0 rings (SSSR count). The highest BCUT2D eigenvalue weighted by molar-refractivity contribution is 5.69. The summed E-state index contributed by atoms with van der Waals surface area (Å²) in [4.78, 5) is 35.4. The Balaban J connectivity index is 4.03. The van der Waals surface area contributed by atoms with Gasteiger partial charge < -0.3 is 19.8 Å². The van der Waals surface area contributed by atoms with E-state index in [0.717, 1.165) is 103 Å². The second kappa shape index (κ2) is 23.1. The number of esters is 1. The van der Waals surface area contributed by atoms with Gasteiger partial charge in [-0.1, -0.05) is 64.2 Å². The van der Waals surface area contributed by atoms with Gasteiger partial charge in [-0.05, 0) is 65.6 Å². The smallest absolute Gasteiger partial charge is 0.306 e. The second-order valence-corrected chi connectivity index (χ2v) is 9.83. The molecule has 0 aromatic carbocycles.